The minimum atomic E-state index is 1.18. The van der Waals surface area contributed by atoms with Gasteiger partial charge in [0.05, 0.1) is 27.8 Å². The molecule has 3 heteroatoms. The number of rotatable bonds is 4. The van der Waals surface area contributed by atoms with E-state index >= 15 is 0 Å². The summed E-state index contributed by atoms with van der Waals surface area (Å²) in [7, 11) is 0. The molecule has 220 valence electrons. The van der Waals surface area contributed by atoms with Crippen LogP contribution in [0.2, 0.25) is 0 Å². The number of benzene rings is 7. The summed E-state index contributed by atoms with van der Waals surface area (Å²) in [5, 5.41) is 8.66. The molecule has 0 aliphatic carbocycles. The van der Waals surface area contributed by atoms with Crippen LogP contribution in [-0.2, 0) is 0 Å². The lowest BCUT2D eigenvalue weighted by molar-refractivity contribution is 1.18. The van der Waals surface area contributed by atoms with Gasteiger partial charge in [0.15, 0.2) is 0 Å². The standard InChI is InChI=1S/C44H28N2S/c1-2-12-31(13-3-1)45-39-18-8-4-14-32(39)36-26-29(22-24-42(36)45)30-23-25-43-37(27-30)33-15-5-9-19-40(33)46(43)41-20-10-6-16-34(41)38-28-47-44-21-11-7-17-35(38)44/h1-28H. The van der Waals surface area contributed by atoms with E-state index in [1.807, 2.05) is 11.3 Å². The quantitative estimate of drug-likeness (QED) is 0.186. The zero-order valence-electron chi connectivity index (χ0n) is 25.5. The van der Waals surface area contributed by atoms with Crippen LogP contribution in [0.3, 0.4) is 0 Å². The van der Waals surface area contributed by atoms with Gasteiger partial charge in [-0.1, -0.05) is 103 Å². The summed E-state index contributed by atoms with van der Waals surface area (Å²) in [6, 6.07) is 59.7. The molecule has 3 heterocycles. The number of nitrogens with zero attached hydrogens (tertiary/aromatic N) is 2. The highest BCUT2D eigenvalue weighted by Gasteiger charge is 2.18. The monoisotopic (exact) mass is 616 g/mol. The molecule has 0 N–H and O–H groups in total. The van der Waals surface area contributed by atoms with Crippen molar-refractivity contribution in [3.8, 4) is 33.6 Å². The van der Waals surface area contributed by atoms with E-state index in [0.717, 1.165) is 0 Å². The Morgan fingerprint density at radius 1 is 0.362 bits per heavy atom. The molecular weight excluding hydrogens is 589 g/mol. The van der Waals surface area contributed by atoms with Crippen molar-refractivity contribution in [2.45, 2.75) is 0 Å². The van der Waals surface area contributed by atoms with Gasteiger partial charge in [-0.25, -0.2) is 0 Å². The molecule has 3 aromatic heterocycles. The van der Waals surface area contributed by atoms with Gasteiger partial charge < -0.3 is 9.13 Å². The van der Waals surface area contributed by atoms with Gasteiger partial charge in [0.2, 0.25) is 0 Å². The molecule has 2 nitrogen and oxygen atoms in total. The highest BCUT2D eigenvalue weighted by atomic mass is 32.1. The summed E-state index contributed by atoms with van der Waals surface area (Å²) in [5.41, 5.74) is 12.2. The maximum Gasteiger partial charge on any atom is 0.0541 e. The first kappa shape index (κ1) is 26.3. The minimum Gasteiger partial charge on any atom is -0.309 e. The van der Waals surface area contributed by atoms with Crippen molar-refractivity contribution in [1.29, 1.82) is 0 Å². The number of hydrogen-bond acceptors (Lipinski definition) is 1. The smallest absolute Gasteiger partial charge is 0.0541 e. The second-order valence-corrected chi connectivity index (χ2v) is 13.1. The fourth-order valence-corrected chi connectivity index (χ4v) is 8.46. The maximum absolute atomic E-state index is 2.45. The van der Waals surface area contributed by atoms with Crippen LogP contribution in [0.15, 0.2) is 169 Å². The molecule has 0 amide bonds. The van der Waals surface area contributed by atoms with E-state index in [9.17, 15) is 0 Å². The van der Waals surface area contributed by atoms with Crippen molar-refractivity contribution < 1.29 is 0 Å². The summed E-state index contributed by atoms with van der Waals surface area (Å²) >= 11 is 1.81. The van der Waals surface area contributed by atoms with E-state index in [2.05, 4.69) is 178 Å². The van der Waals surface area contributed by atoms with Gasteiger partial charge in [0.1, 0.15) is 0 Å². The number of hydrogen-bond donors (Lipinski definition) is 0. The number of thiophene rings is 1. The number of fused-ring (bicyclic) bond motifs is 7. The molecule has 0 aliphatic rings. The average molecular weight is 617 g/mol. The molecule has 0 atom stereocenters. The molecule has 0 aliphatic heterocycles. The zero-order valence-corrected chi connectivity index (χ0v) is 26.3. The molecule has 0 fully saturated rings. The average Bonchev–Trinajstić information content (AvgIpc) is 3.82. The SMILES string of the molecule is c1ccc(-n2c3ccccc3c3cc(-c4ccc5c(c4)c4ccccc4n5-c4ccccc4-c4csc5ccccc45)ccc32)cc1. The van der Waals surface area contributed by atoms with Crippen molar-refractivity contribution in [2.75, 3.05) is 0 Å². The van der Waals surface area contributed by atoms with Gasteiger partial charge in [0.25, 0.3) is 0 Å². The van der Waals surface area contributed by atoms with Crippen LogP contribution in [0.25, 0.3) is 87.3 Å². The fourth-order valence-electron chi connectivity index (χ4n) is 7.50. The molecule has 47 heavy (non-hydrogen) atoms. The van der Waals surface area contributed by atoms with Gasteiger partial charge in [-0.2, -0.15) is 0 Å². The van der Waals surface area contributed by atoms with Gasteiger partial charge in [-0.3, -0.25) is 0 Å². The Bertz CT molecular complexity index is 2800. The van der Waals surface area contributed by atoms with Crippen LogP contribution >= 0.6 is 11.3 Å². The van der Waals surface area contributed by atoms with Crippen LogP contribution in [0.4, 0.5) is 0 Å². The predicted molar refractivity (Wildman–Crippen MR) is 201 cm³/mol. The van der Waals surface area contributed by atoms with E-state index in [-0.39, 0.29) is 0 Å². The van der Waals surface area contributed by atoms with Crippen LogP contribution in [0.5, 0.6) is 0 Å². The Morgan fingerprint density at radius 3 is 1.62 bits per heavy atom. The normalized spacial score (nSPS) is 11.8. The van der Waals surface area contributed by atoms with Crippen molar-refractivity contribution in [2.24, 2.45) is 0 Å². The van der Waals surface area contributed by atoms with E-state index in [1.54, 1.807) is 0 Å². The lowest BCUT2D eigenvalue weighted by atomic mass is 10.0. The molecule has 0 unspecified atom stereocenters. The van der Waals surface area contributed by atoms with E-state index in [4.69, 9.17) is 0 Å². The number of para-hydroxylation sites is 4. The van der Waals surface area contributed by atoms with Crippen LogP contribution in [0, 0.1) is 0 Å². The first-order chi connectivity index (χ1) is 23.3. The van der Waals surface area contributed by atoms with E-state index < -0.39 is 0 Å². The molecule has 0 spiro atoms. The van der Waals surface area contributed by atoms with Crippen LogP contribution < -0.4 is 0 Å². The highest BCUT2D eigenvalue weighted by molar-refractivity contribution is 7.17. The van der Waals surface area contributed by atoms with Crippen LogP contribution in [-0.4, -0.2) is 9.13 Å². The number of aromatic nitrogens is 2. The molecular formula is C44H28N2S. The Hall–Kier alpha value is -5.90. The summed E-state index contributed by atoms with van der Waals surface area (Å²) < 4.78 is 6.14. The molecule has 7 aromatic carbocycles. The van der Waals surface area contributed by atoms with Crippen LogP contribution in [0.1, 0.15) is 0 Å². The summed E-state index contributed by atoms with van der Waals surface area (Å²) in [4.78, 5) is 0. The fraction of sp³-hybridized carbons (Fsp3) is 0. The largest absolute Gasteiger partial charge is 0.309 e. The minimum absolute atomic E-state index is 1.18. The second-order valence-electron chi connectivity index (χ2n) is 12.2. The first-order valence-electron chi connectivity index (χ1n) is 16.0. The molecule has 0 bridgehead atoms. The third-order valence-electron chi connectivity index (χ3n) is 9.61. The molecule has 10 aromatic rings. The Labute approximate surface area is 276 Å². The lowest BCUT2D eigenvalue weighted by Crippen LogP contribution is -1.96. The predicted octanol–water partition coefficient (Wildman–Crippen LogP) is 12.4. The molecule has 10 rings (SSSR count). The van der Waals surface area contributed by atoms with Gasteiger partial charge in [-0.05, 0) is 77.2 Å². The molecule has 0 radical (unpaired) electrons. The Kier molecular flexibility index (Phi) is 5.78. The third-order valence-corrected chi connectivity index (χ3v) is 10.6. The van der Waals surface area contributed by atoms with Crippen molar-refractivity contribution in [3.05, 3.63) is 169 Å². The van der Waals surface area contributed by atoms with Crippen molar-refractivity contribution >= 4 is 65.0 Å². The maximum atomic E-state index is 2.45. The Morgan fingerprint density at radius 2 is 0.894 bits per heavy atom. The van der Waals surface area contributed by atoms with Crippen molar-refractivity contribution in [1.82, 2.24) is 9.13 Å². The zero-order chi connectivity index (χ0) is 30.9. The van der Waals surface area contributed by atoms with Crippen molar-refractivity contribution in [3.63, 3.8) is 0 Å². The summed E-state index contributed by atoms with van der Waals surface area (Å²) in [6.45, 7) is 0. The van der Waals surface area contributed by atoms with Gasteiger partial charge >= 0.3 is 0 Å². The van der Waals surface area contributed by atoms with E-state index in [1.165, 1.54) is 87.3 Å². The Balaban J connectivity index is 1.18. The first-order valence-corrected chi connectivity index (χ1v) is 16.9. The lowest BCUT2D eigenvalue weighted by Gasteiger charge is -2.14. The van der Waals surface area contributed by atoms with E-state index in [0.29, 0.717) is 0 Å². The summed E-state index contributed by atoms with van der Waals surface area (Å²) in [5.74, 6) is 0. The topological polar surface area (TPSA) is 9.86 Å². The second kappa shape index (κ2) is 10.3. The van der Waals surface area contributed by atoms with Gasteiger partial charge in [0, 0.05) is 48.4 Å². The highest BCUT2D eigenvalue weighted by Crippen LogP contribution is 2.42. The van der Waals surface area contributed by atoms with Gasteiger partial charge in [-0.15, -0.1) is 11.3 Å². The summed E-state index contributed by atoms with van der Waals surface area (Å²) in [6.07, 6.45) is 0. The third kappa shape index (κ3) is 3.97. The molecule has 0 saturated heterocycles. The molecule has 0 saturated carbocycles.